The number of ether oxygens (including phenoxy) is 1. The zero-order chi connectivity index (χ0) is 13.8. The fourth-order valence-electron chi connectivity index (χ4n) is 1.31. The topological polar surface area (TPSA) is 51.2 Å². The summed E-state index contributed by atoms with van der Waals surface area (Å²) in [7, 11) is 0. The molecule has 2 rings (SSSR count). The molecule has 0 aliphatic rings. The first-order valence-corrected chi connectivity index (χ1v) is 6.98. The molecule has 100 valence electrons. The van der Waals surface area contributed by atoms with Crippen molar-refractivity contribution in [2.75, 3.05) is 5.32 Å². The summed E-state index contributed by atoms with van der Waals surface area (Å²) in [5.41, 5.74) is 0.736. The Labute approximate surface area is 124 Å². The largest absolute Gasteiger partial charge is 0.487 e. The van der Waals surface area contributed by atoms with Gasteiger partial charge in [-0.1, -0.05) is 23.2 Å². The predicted molar refractivity (Wildman–Crippen MR) is 77.2 cm³/mol. The first-order valence-electron chi connectivity index (χ1n) is 5.34. The number of carbonyl (C=O) groups excluding carboxylic acids is 1. The van der Waals surface area contributed by atoms with Crippen LogP contribution in [-0.2, 0) is 11.4 Å². The number of nitrogens with one attached hydrogen (secondary N) is 1. The molecule has 0 saturated carbocycles. The van der Waals surface area contributed by atoms with Crippen molar-refractivity contribution in [3.63, 3.8) is 0 Å². The Bertz CT molecular complexity index is 601. The highest BCUT2D eigenvalue weighted by Gasteiger charge is 2.05. The van der Waals surface area contributed by atoms with E-state index in [4.69, 9.17) is 27.9 Å². The van der Waals surface area contributed by atoms with E-state index >= 15 is 0 Å². The van der Waals surface area contributed by atoms with Gasteiger partial charge >= 0.3 is 0 Å². The molecule has 0 radical (unpaired) electrons. The van der Waals surface area contributed by atoms with E-state index in [-0.39, 0.29) is 5.91 Å². The molecule has 0 aliphatic carbocycles. The maximum absolute atomic E-state index is 10.9. The quantitative estimate of drug-likeness (QED) is 0.928. The number of thiazole rings is 1. The van der Waals surface area contributed by atoms with Crippen LogP contribution >= 0.6 is 34.5 Å². The van der Waals surface area contributed by atoms with Crippen molar-refractivity contribution in [3.05, 3.63) is 39.3 Å². The summed E-state index contributed by atoms with van der Waals surface area (Å²) in [5, 5.41) is 5.92. The molecule has 0 fully saturated rings. The van der Waals surface area contributed by atoms with Gasteiger partial charge in [0, 0.05) is 18.4 Å². The average Bonchev–Trinajstić information content (AvgIpc) is 2.77. The highest BCUT2D eigenvalue weighted by atomic mass is 35.5. The Morgan fingerprint density at radius 1 is 1.42 bits per heavy atom. The summed E-state index contributed by atoms with van der Waals surface area (Å²) in [4.78, 5) is 15.1. The third-order valence-electron chi connectivity index (χ3n) is 2.11. The van der Waals surface area contributed by atoms with Gasteiger partial charge in [-0.05, 0) is 12.1 Å². The monoisotopic (exact) mass is 316 g/mol. The lowest BCUT2D eigenvalue weighted by atomic mass is 10.3. The first-order chi connectivity index (χ1) is 9.04. The Hall–Kier alpha value is -1.30. The standard InChI is InChI=1S/C12H10Cl2N2O2S/c1-7(17)15-12-16-8(6-19-12)5-18-9-2-3-10(13)11(14)4-9/h2-4,6H,5H2,1H3,(H,15,16,17). The molecule has 0 atom stereocenters. The van der Waals surface area contributed by atoms with Crippen LogP contribution in [0, 0.1) is 0 Å². The van der Waals surface area contributed by atoms with Crippen LogP contribution in [0.1, 0.15) is 12.6 Å². The van der Waals surface area contributed by atoms with E-state index in [0.29, 0.717) is 27.5 Å². The Kier molecular flexibility index (Phi) is 4.63. The zero-order valence-corrected chi connectivity index (χ0v) is 12.3. The van der Waals surface area contributed by atoms with Gasteiger partial charge < -0.3 is 10.1 Å². The van der Waals surface area contributed by atoms with Crippen LogP contribution in [0.2, 0.25) is 10.0 Å². The summed E-state index contributed by atoms with van der Waals surface area (Å²) in [6, 6.07) is 5.04. The fraction of sp³-hybridized carbons (Fsp3) is 0.167. The molecule has 1 aromatic carbocycles. The van der Waals surface area contributed by atoms with Gasteiger partial charge in [0.25, 0.3) is 0 Å². The van der Waals surface area contributed by atoms with E-state index in [1.807, 2.05) is 5.38 Å². The molecule has 4 nitrogen and oxygen atoms in total. The Balaban J connectivity index is 1.96. The summed E-state index contributed by atoms with van der Waals surface area (Å²) < 4.78 is 5.53. The van der Waals surface area contributed by atoms with Crippen molar-refractivity contribution in [2.45, 2.75) is 13.5 Å². The average molecular weight is 317 g/mol. The molecule has 1 heterocycles. The highest BCUT2D eigenvalue weighted by Crippen LogP contribution is 2.27. The van der Waals surface area contributed by atoms with Crippen LogP contribution in [0.5, 0.6) is 5.75 Å². The predicted octanol–water partition coefficient (Wildman–Crippen LogP) is 3.99. The number of rotatable bonds is 4. The third kappa shape index (κ3) is 4.09. The number of benzene rings is 1. The maximum Gasteiger partial charge on any atom is 0.223 e. The number of halogens is 2. The van der Waals surface area contributed by atoms with Gasteiger partial charge in [0.05, 0.1) is 15.7 Å². The second-order valence-electron chi connectivity index (χ2n) is 3.69. The van der Waals surface area contributed by atoms with Crippen LogP contribution in [0.3, 0.4) is 0 Å². The van der Waals surface area contributed by atoms with Crippen LogP contribution in [0.15, 0.2) is 23.6 Å². The fourth-order valence-corrected chi connectivity index (χ4v) is 2.33. The molecule has 7 heteroatoms. The zero-order valence-electron chi connectivity index (χ0n) is 9.94. The summed E-state index contributed by atoms with van der Waals surface area (Å²) >= 11 is 13.0. The number of amides is 1. The van der Waals surface area contributed by atoms with E-state index in [2.05, 4.69) is 10.3 Å². The molecule has 0 spiro atoms. The van der Waals surface area contributed by atoms with Crippen molar-refractivity contribution in [1.29, 1.82) is 0 Å². The minimum absolute atomic E-state index is 0.147. The minimum Gasteiger partial charge on any atom is -0.487 e. The van der Waals surface area contributed by atoms with Gasteiger partial charge in [-0.15, -0.1) is 11.3 Å². The van der Waals surface area contributed by atoms with E-state index in [0.717, 1.165) is 5.69 Å². The van der Waals surface area contributed by atoms with Crippen LogP contribution in [0.4, 0.5) is 5.13 Å². The number of carbonyl (C=O) groups is 1. The second kappa shape index (κ2) is 6.23. The SMILES string of the molecule is CC(=O)Nc1nc(COc2ccc(Cl)c(Cl)c2)cs1. The molecular weight excluding hydrogens is 307 g/mol. The highest BCUT2D eigenvalue weighted by molar-refractivity contribution is 7.13. The van der Waals surface area contributed by atoms with Gasteiger partial charge in [-0.25, -0.2) is 4.98 Å². The molecular formula is C12H10Cl2N2O2S. The van der Waals surface area contributed by atoms with Crippen LogP contribution in [0.25, 0.3) is 0 Å². The third-order valence-corrected chi connectivity index (χ3v) is 3.66. The van der Waals surface area contributed by atoms with E-state index < -0.39 is 0 Å². The van der Waals surface area contributed by atoms with Gasteiger partial charge in [0.15, 0.2) is 5.13 Å². The molecule has 0 saturated heterocycles. The van der Waals surface area contributed by atoms with Gasteiger partial charge in [0.2, 0.25) is 5.91 Å². The summed E-state index contributed by atoms with van der Waals surface area (Å²) in [6.45, 7) is 1.74. The smallest absolute Gasteiger partial charge is 0.223 e. The second-order valence-corrected chi connectivity index (χ2v) is 5.36. The van der Waals surface area contributed by atoms with Crippen molar-refractivity contribution in [3.8, 4) is 5.75 Å². The number of aromatic nitrogens is 1. The Morgan fingerprint density at radius 2 is 2.21 bits per heavy atom. The molecule has 0 unspecified atom stereocenters. The minimum atomic E-state index is -0.147. The van der Waals surface area contributed by atoms with Gasteiger partial charge in [-0.2, -0.15) is 0 Å². The lowest BCUT2D eigenvalue weighted by molar-refractivity contribution is -0.114. The molecule has 19 heavy (non-hydrogen) atoms. The van der Waals surface area contributed by atoms with Crippen LogP contribution in [-0.4, -0.2) is 10.9 Å². The molecule has 2 aromatic rings. The molecule has 1 aromatic heterocycles. The number of hydrogen-bond acceptors (Lipinski definition) is 4. The summed E-state index contributed by atoms with van der Waals surface area (Å²) in [5.74, 6) is 0.467. The maximum atomic E-state index is 10.9. The number of anilines is 1. The van der Waals surface area contributed by atoms with E-state index in [1.165, 1.54) is 18.3 Å². The lowest BCUT2D eigenvalue weighted by Crippen LogP contribution is -2.05. The lowest BCUT2D eigenvalue weighted by Gasteiger charge is -2.05. The van der Waals surface area contributed by atoms with Crippen molar-refractivity contribution < 1.29 is 9.53 Å². The molecule has 1 N–H and O–H groups in total. The summed E-state index contributed by atoms with van der Waals surface area (Å²) in [6.07, 6.45) is 0. The normalized spacial score (nSPS) is 10.3. The molecule has 0 bridgehead atoms. The molecule has 1 amide bonds. The van der Waals surface area contributed by atoms with Gasteiger partial charge in [0.1, 0.15) is 12.4 Å². The van der Waals surface area contributed by atoms with Crippen LogP contribution < -0.4 is 10.1 Å². The first kappa shape index (κ1) is 14.1. The van der Waals surface area contributed by atoms with Crippen molar-refractivity contribution in [2.24, 2.45) is 0 Å². The van der Waals surface area contributed by atoms with Crippen molar-refractivity contribution in [1.82, 2.24) is 4.98 Å². The Morgan fingerprint density at radius 3 is 2.89 bits per heavy atom. The van der Waals surface area contributed by atoms with E-state index in [1.54, 1.807) is 18.2 Å². The molecule has 0 aliphatic heterocycles. The number of hydrogen-bond donors (Lipinski definition) is 1. The van der Waals surface area contributed by atoms with E-state index in [9.17, 15) is 4.79 Å². The number of nitrogens with zero attached hydrogens (tertiary/aromatic N) is 1. The van der Waals surface area contributed by atoms with Gasteiger partial charge in [-0.3, -0.25) is 4.79 Å². The van der Waals surface area contributed by atoms with Crippen molar-refractivity contribution >= 4 is 45.6 Å².